The standard InChI is InChI=1S/C12H12F2N2O4/c13-7-2-1-6(8(14)4-7)3-10(17)16-9(12(15)20)5-11(18)19/h1-2,4,9H,3,5H2,(H2,15,20)(H,16,17)(H,18,19)/t9-/m1/s1. The fourth-order valence-electron chi connectivity index (χ4n) is 1.48. The Morgan fingerprint density at radius 1 is 1.30 bits per heavy atom. The van der Waals surface area contributed by atoms with E-state index in [4.69, 9.17) is 10.8 Å². The lowest BCUT2D eigenvalue weighted by Crippen LogP contribution is -2.46. The summed E-state index contributed by atoms with van der Waals surface area (Å²) >= 11 is 0. The van der Waals surface area contributed by atoms with Crippen molar-refractivity contribution in [1.29, 1.82) is 0 Å². The van der Waals surface area contributed by atoms with Crippen LogP contribution in [-0.2, 0) is 20.8 Å². The van der Waals surface area contributed by atoms with E-state index in [1.54, 1.807) is 0 Å². The highest BCUT2D eigenvalue weighted by molar-refractivity contribution is 5.90. The van der Waals surface area contributed by atoms with Gasteiger partial charge in [0.15, 0.2) is 0 Å². The average molecular weight is 286 g/mol. The van der Waals surface area contributed by atoms with Crippen LogP contribution in [0.1, 0.15) is 12.0 Å². The highest BCUT2D eigenvalue weighted by Gasteiger charge is 2.21. The number of carbonyl (C=O) groups is 3. The van der Waals surface area contributed by atoms with E-state index in [2.05, 4.69) is 5.32 Å². The van der Waals surface area contributed by atoms with Gasteiger partial charge in [0.1, 0.15) is 17.7 Å². The molecule has 1 atom stereocenters. The van der Waals surface area contributed by atoms with E-state index >= 15 is 0 Å². The third-order valence-electron chi connectivity index (χ3n) is 2.42. The first kappa shape index (κ1) is 15.5. The van der Waals surface area contributed by atoms with Gasteiger partial charge in [-0.3, -0.25) is 14.4 Å². The molecule has 0 aliphatic carbocycles. The number of hydrogen-bond acceptors (Lipinski definition) is 3. The summed E-state index contributed by atoms with van der Waals surface area (Å²) < 4.78 is 26.0. The molecule has 108 valence electrons. The molecule has 0 unspecified atom stereocenters. The van der Waals surface area contributed by atoms with Gasteiger partial charge in [-0.2, -0.15) is 0 Å². The van der Waals surface area contributed by atoms with Gasteiger partial charge in [0.05, 0.1) is 12.8 Å². The molecule has 0 radical (unpaired) electrons. The molecule has 0 aliphatic rings. The van der Waals surface area contributed by atoms with Crippen LogP contribution in [0.2, 0.25) is 0 Å². The normalized spacial score (nSPS) is 11.7. The minimum absolute atomic E-state index is 0.0811. The Hall–Kier alpha value is -2.51. The number of halogens is 2. The Balaban J connectivity index is 2.70. The Morgan fingerprint density at radius 2 is 1.95 bits per heavy atom. The first-order valence-corrected chi connectivity index (χ1v) is 5.54. The largest absolute Gasteiger partial charge is 0.481 e. The van der Waals surface area contributed by atoms with Crippen molar-refractivity contribution >= 4 is 17.8 Å². The van der Waals surface area contributed by atoms with E-state index in [-0.39, 0.29) is 5.56 Å². The molecular formula is C12H12F2N2O4. The van der Waals surface area contributed by atoms with Crippen LogP contribution in [0.15, 0.2) is 18.2 Å². The van der Waals surface area contributed by atoms with E-state index in [1.165, 1.54) is 0 Å². The Labute approximate surface area is 112 Å². The molecule has 4 N–H and O–H groups in total. The highest BCUT2D eigenvalue weighted by Crippen LogP contribution is 2.10. The van der Waals surface area contributed by atoms with Crippen molar-refractivity contribution in [1.82, 2.24) is 5.32 Å². The number of benzene rings is 1. The van der Waals surface area contributed by atoms with Crippen LogP contribution in [-0.4, -0.2) is 28.9 Å². The number of carboxylic acid groups (broad SMARTS) is 1. The predicted octanol–water partition coefficient (Wildman–Crippen LogP) is -0.0479. The molecule has 1 aromatic carbocycles. The van der Waals surface area contributed by atoms with Crippen molar-refractivity contribution in [3.63, 3.8) is 0 Å². The maximum atomic E-state index is 13.3. The number of aliphatic carboxylic acids is 1. The summed E-state index contributed by atoms with van der Waals surface area (Å²) in [5.41, 5.74) is 4.85. The minimum atomic E-state index is -1.39. The lowest BCUT2D eigenvalue weighted by Gasteiger charge is -2.13. The van der Waals surface area contributed by atoms with E-state index in [0.717, 1.165) is 12.1 Å². The zero-order valence-electron chi connectivity index (χ0n) is 10.2. The smallest absolute Gasteiger partial charge is 0.305 e. The second-order valence-electron chi connectivity index (χ2n) is 4.03. The van der Waals surface area contributed by atoms with E-state index in [1.807, 2.05) is 0 Å². The molecule has 0 aliphatic heterocycles. The minimum Gasteiger partial charge on any atom is -0.481 e. The summed E-state index contributed by atoms with van der Waals surface area (Å²) in [7, 11) is 0. The van der Waals surface area contributed by atoms with E-state index < -0.39 is 48.3 Å². The van der Waals surface area contributed by atoms with Gasteiger partial charge in [0, 0.05) is 6.07 Å². The van der Waals surface area contributed by atoms with Crippen LogP contribution in [0.3, 0.4) is 0 Å². The summed E-state index contributed by atoms with van der Waals surface area (Å²) in [6, 6.07) is 1.30. The fraction of sp³-hybridized carbons (Fsp3) is 0.250. The Morgan fingerprint density at radius 3 is 2.45 bits per heavy atom. The zero-order chi connectivity index (χ0) is 15.3. The van der Waals surface area contributed by atoms with Crippen molar-refractivity contribution in [3.8, 4) is 0 Å². The number of nitrogens with two attached hydrogens (primary N) is 1. The first-order valence-electron chi connectivity index (χ1n) is 5.54. The van der Waals surface area contributed by atoms with Crippen LogP contribution in [0.5, 0.6) is 0 Å². The summed E-state index contributed by atoms with van der Waals surface area (Å²) in [6.07, 6.45) is -1.14. The maximum absolute atomic E-state index is 13.3. The SMILES string of the molecule is NC(=O)[C@@H](CC(=O)O)NC(=O)Cc1ccc(F)cc1F. The number of primary amides is 1. The predicted molar refractivity (Wildman–Crippen MR) is 63.4 cm³/mol. The number of carboxylic acids is 1. The molecule has 0 aromatic heterocycles. The fourth-order valence-corrected chi connectivity index (χ4v) is 1.48. The molecule has 0 fully saturated rings. The molecule has 0 saturated carbocycles. The number of carbonyl (C=O) groups excluding carboxylic acids is 2. The molecule has 2 amide bonds. The van der Waals surface area contributed by atoms with Crippen LogP contribution >= 0.6 is 0 Å². The van der Waals surface area contributed by atoms with Crippen molar-refractivity contribution in [2.75, 3.05) is 0 Å². The van der Waals surface area contributed by atoms with Crippen molar-refractivity contribution in [2.45, 2.75) is 18.9 Å². The summed E-state index contributed by atoms with van der Waals surface area (Å²) in [4.78, 5) is 33.0. The van der Waals surface area contributed by atoms with E-state index in [0.29, 0.717) is 6.07 Å². The topological polar surface area (TPSA) is 109 Å². The van der Waals surface area contributed by atoms with Gasteiger partial charge >= 0.3 is 5.97 Å². The lowest BCUT2D eigenvalue weighted by atomic mass is 10.1. The second-order valence-corrected chi connectivity index (χ2v) is 4.03. The van der Waals surface area contributed by atoms with Crippen molar-refractivity contribution in [2.24, 2.45) is 5.73 Å². The Kier molecular flexibility index (Phi) is 5.13. The molecule has 0 saturated heterocycles. The monoisotopic (exact) mass is 286 g/mol. The van der Waals surface area contributed by atoms with Crippen LogP contribution in [0.25, 0.3) is 0 Å². The molecule has 20 heavy (non-hydrogen) atoms. The lowest BCUT2D eigenvalue weighted by molar-refractivity contribution is -0.140. The number of amides is 2. The molecular weight excluding hydrogens is 274 g/mol. The van der Waals surface area contributed by atoms with Crippen LogP contribution in [0.4, 0.5) is 8.78 Å². The molecule has 0 spiro atoms. The van der Waals surface area contributed by atoms with Gasteiger partial charge in [-0.15, -0.1) is 0 Å². The van der Waals surface area contributed by atoms with Gasteiger partial charge in [-0.25, -0.2) is 8.78 Å². The van der Waals surface area contributed by atoms with Gasteiger partial charge in [-0.05, 0) is 11.6 Å². The number of rotatable bonds is 6. The molecule has 8 heteroatoms. The molecule has 0 heterocycles. The van der Waals surface area contributed by atoms with Gasteiger partial charge in [0.2, 0.25) is 11.8 Å². The maximum Gasteiger partial charge on any atom is 0.305 e. The third-order valence-corrected chi connectivity index (χ3v) is 2.42. The van der Waals surface area contributed by atoms with Crippen LogP contribution < -0.4 is 11.1 Å². The molecule has 1 aromatic rings. The summed E-state index contributed by atoms with van der Waals surface area (Å²) in [6.45, 7) is 0. The summed E-state index contributed by atoms with van der Waals surface area (Å²) in [5.74, 6) is -4.82. The molecule has 6 nitrogen and oxygen atoms in total. The van der Waals surface area contributed by atoms with Crippen LogP contribution in [0, 0.1) is 11.6 Å². The molecule has 1 rings (SSSR count). The quantitative estimate of drug-likeness (QED) is 0.681. The third kappa shape index (κ3) is 4.63. The van der Waals surface area contributed by atoms with Crippen molar-refractivity contribution in [3.05, 3.63) is 35.4 Å². The van der Waals surface area contributed by atoms with Gasteiger partial charge in [-0.1, -0.05) is 6.07 Å². The second kappa shape index (κ2) is 6.60. The summed E-state index contributed by atoms with van der Waals surface area (Å²) in [5, 5.41) is 10.6. The molecule has 0 bridgehead atoms. The average Bonchev–Trinajstić information content (AvgIpc) is 2.31. The van der Waals surface area contributed by atoms with Gasteiger partial charge in [0.25, 0.3) is 0 Å². The van der Waals surface area contributed by atoms with Gasteiger partial charge < -0.3 is 16.2 Å². The zero-order valence-corrected chi connectivity index (χ0v) is 10.2. The Bertz CT molecular complexity index is 548. The first-order chi connectivity index (χ1) is 9.29. The highest BCUT2D eigenvalue weighted by atomic mass is 19.1. The van der Waals surface area contributed by atoms with Crippen molar-refractivity contribution < 1.29 is 28.3 Å². The number of hydrogen-bond donors (Lipinski definition) is 3. The number of nitrogens with one attached hydrogen (secondary N) is 1. The van der Waals surface area contributed by atoms with E-state index in [9.17, 15) is 23.2 Å².